The second-order valence-electron chi connectivity index (χ2n) is 10.6. The van der Waals surface area contributed by atoms with Crippen LogP contribution in [0.3, 0.4) is 0 Å². The Bertz CT molecular complexity index is 1160. The first-order valence-corrected chi connectivity index (χ1v) is 14.0. The predicted octanol–water partition coefficient (Wildman–Crippen LogP) is -1.85. The Labute approximate surface area is 257 Å². The third-order valence-corrected chi connectivity index (χ3v) is 6.78. The van der Waals surface area contributed by atoms with Crippen LogP contribution in [0, 0.1) is 0 Å². The quantitative estimate of drug-likeness (QED) is 0.196. The van der Waals surface area contributed by atoms with Crippen molar-refractivity contribution in [2.75, 3.05) is 13.2 Å². The number of fused-ring (bicyclic) bond motifs is 1. The van der Waals surface area contributed by atoms with Crippen molar-refractivity contribution < 1.29 is 76.2 Å². The molecule has 2 amide bonds. The highest BCUT2D eigenvalue weighted by Gasteiger charge is 2.57. The van der Waals surface area contributed by atoms with Crippen molar-refractivity contribution in [1.82, 2.24) is 10.6 Å². The Morgan fingerprint density at radius 3 is 1.71 bits per heavy atom. The van der Waals surface area contributed by atoms with E-state index in [-0.39, 0.29) is 0 Å². The van der Waals surface area contributed by atoms with Gasteiger partial charge in [0.2, 0.25) is 18.1 Å². The van der Waals surface area contributed by atoms with E-state index in [0.717, 1.165) is 41.5 Å². The van der Waals surface area contributed by atoms with Crippen LogP contribution in [0.25, 0.3) is 0 Å². The number of hydrogen-bond donors (Lipinski definition) is 2. The minimum Gasteiger partial charge on any atom is -0.463 e. The van der Waals surface area contributed by atoms with Gasteiger partial charge < -0.3 is 53.3 Å². The van der Waals surface area contributed by atoms with Gasteiger partial charge in [-0.25, -0.2) is 0 Å². The number of carbonyl (C=O) groups is 7. The highest BCUT2D eigenvalue weighted by atomic mass is 16.8. The van der Waals surface area contributed by atoms with Gasteiger partial charge in [0.25, 0.3) is 0 Å². The van der Waals surface area contributed by atoms with E-state index in [1.807, 2.05) is 0 Å². The smallest absolute Gasteiger partial charge is 0.305 e. The summed E-state index contributed by atoms with van der Waals surface area (Å²) in [7, 11) is 0. The summed E-state index contributed by atoms with van der Waals surface area (Å²) < 4.78 is 50.8. The average molecular weight is 647 g/mol. The lowest BCUT2D eigenvalue weighted by Gasteiger charge is -2.51. The van der Waals surface area contributed by atoms with Crippen LogP contribution in [-0.2, 0) is 76.2 Å². The molecular weight excluding hydrogens is 608 g/mol. The van der Waals surface area contributed by atoms with Gasteiger partial charge in [0.1, 0.15) is 55.8 Å². The molecule has 0 aromatic heterocycles. The molecular formula is C27H38N2O16. The lowest BCUT2D eigenvalue weighted by atomic mass is 9.93. The van der Waals surface area contributed by atoms with Crippen molar-refractivity contribution in [3.05, 3.63) is 0 Å². The molecule has 0 aromatic rings. The van der Waals surface area contributed by atoms with E-state index >= 15 is 0 Å². The molecule has 252 valence electrons. The summed E-state index contributed by atoms with van der Waals surface area (Å²) >= 11 is 0. The molecule has 3 aliphatic rings. The Morgan fingerprint density at radius 1 is 0.689 bits per heavy atom. The minimum atomic E-state index is -1.53. The zero-order valence-electron chi connectivity index (χ0n) is 25.8. The number of amides is 2. The normalized spacial score (nSPS) is 34.2. The van der Waals surface area contributed by atoms with Gasteiger partial charge in [-0.3, -0.25) is 33.6 Å². The summed E-state index contributed by atoms with van der Waals surface area (Å²) in [5, 5.41) is 5.24. The molecule has 3 aliphatic heterocycles. The van der Waals surface area contributed by atoms with Gasteiger partial charge in [0.05, 0.1) is 0 Å². The number of ether oxygens (including phenoxy) is 9. The lowest BCUT2D eigenvalue weighted by Crippen LogP contribution is -2.73. The average Bonchev–Trinajstić information content (AvgIpc) is 2.91. The molecule has 11 atom stereocenters. The van der Waals surface area contributed by atoms with E-state index in [0.29, 0.717) is 0 Å². The monoisotopic (exact) mass is 646 g/mol. The van der Waals surface area contributed by atoms with Gasteiger partial charge in [0, 0.05) is 41.5 Å². The molecule has 0 unspecified atom stereocenters. The molecule has 0 spiro atoms. The zero-order chi connectivity index (χ0) is 33.6. The van der Waals surface area contributed by atoms with Gasteiger partial charge in [-0.15, -0.1) is 0 Å². The number of rotatable bonds is 10. The Hall–Kier alpha value is -3.87. The first-order valence-electron chi connectivity index (χ1n) is 14.0. The fourth-order valence-electron chi connectivity index (χ4n) is 5.12. The van der Waals surface area contributed by atoms with E-state index in [2.05, 4.69) is 10.6 Å². The molecule has 3 saturated heterocycles. The van der Waals surface area contributed by atoms with Gasteiger partial charge in [-0.05, 0) is 6.92 Å². The summed E-state index contributed by atoms with van der Waals surface area (Å²) in [5.41, 5.74) is 0. The van der Waals surface area contributed by atoms with E-state index in [1.54, 1.807) is 0 Å². The van der Waals surface area contributed by atoms with E-state index in [4.69, 9.17) is 42.6 Å². The Balaban J connectivity index is 2.08. The second kappa shape index (κ2) is 15.4. The number of hydrogen-bond acceptors (Lipinski definition) is 16. The zero-order valence-corrected chi connectivity index (χ0v) is 25.8. The fraction of sp³-hybridized carbons (Fsp3) is 0.741. The second-order valence-corrected chi connectivity index (χ2v) is 10.6. The molecule has 3 heterocycles. The summed E-state index contributed by atoms with van der Waals surface area (Å²) in [5.74, 6) is -4.90. The van der Waals surface area contributed by atoms with Crippen LogP contribution < -0.4 is 10.6 Å². The van der Waals surface area contributed by atoms with Gasteiger partial charge in [-0.1, -0.05) is 0 Å². The Kier molecular flexibility index (Phi) is 12.2. The molecule has 18 heteroatoms. The molecule has 18 nitrogen and oxygen atoms in total. The number of nitrogens with one attached hydrogen (secondary N) is 2. The van der Waals surface area contributed by atoms with Crippen molar-refractivity contribution >= 4 is 41.7 Å². The molecule has 3 rings (SSSR count). The largest absolute Gasteiger partial charge is 0.463 e. The first kappa shape index (κ1) is 35.6. The standard InChI is InChI=1S/C27H38N2O16/c1-10-25(36)29-20-23(39-10)21(40-14(5)33)17(8-37-12(3)31)44-27(20)45-22-18(9-38-13(4)32)43-26(42-16(7)35)19(28-11(2)30)24(22)41-15(6)34/h10,17-24,26-27H,8-9H2,1-7H3,(H,28,30)(H,29,36)/t10-,17-,18-,19-,20-,21-,22-,23-,24-,26+,27+/m1/s1. The predicted molar refractivity (Wildman–Crippen MR) is 142 cm³/mol. The molecule has 2 N–H and O–H groups in total. The first-order chi connectivity index (χ1) is 21.1. The van der Waals surface area contributed by atoms with E-state index in [9.17, 15) is 33.6 Å². The molecule has 3 fully saturated rings. The van der Waals surface area contributed by atoms with Gasteiger partial charge >= 0.3 is 29.8 Å². The van der Waals surface area contributed by atoms with Crippen molar-refractivity contribution in [3.8, 4) is 0 Å². The maximum Gasteiger partial charge on any atom is 0.305 e. The molecule has 0 aliphatic carbocycles. The van der Waals surface area contributed by atoms with Crippen molar-refractivity contribution in [2.24, 2.45) is 0 Å². The highest BCUT2D eigenvalue weighted by Crippen LogP contribution is 2.35. The van der Waals surface area contributed by atoms with Gasteiger partial charge in [-0.2, -0.15) is 0 Å². The van der Waals surface area contributed by atoms with Crippen LogP contribution in [0.1, 0.15) is 48.5 Å². The van der Waals surface area contributed by atoms with E-state index in [1.165, 1.54) is 6.92 Å². The maximum atomic E-state index is 12.7. The summed E-state index contributed by atoms with van der Waals surface area (Å²) in [4.78, 5) is 84.6. The molecule has 45 heavy (non-hydrogen) atoms. The van der Waals surface area contributed by atoms with Crippen molar-refractivity contribution in [2.45, 2.75) is 116 Å². The Morgan fingerprint density at radius 2 is 1.20 bits per heavy atom. The summed E-state index contributed by atoms with van der Waals surface area (Å²) in [6.07, 6.45) is -11.7. The van der Waals surface area contributed by atoms with E-state index < -0.39 is 122 Å². The number of carbonyl (C=O) groups excluding carboxylic acids is 7. The summed E-state index contributed by atoms with van der Waals surface area (Å²) in [6, 6.07) is -2.50. The number of morpholine rings is 1. The minimum absolute atomic E-state index is 0.420. The van der Waals surface area contributed by atoms with Crippen LogP contribution in [0.4, 0.5) is 0 Å². The van der Waals surface area contributed by atoms with Crippen LogP contribution in [0.5, 0.6) is 0 Å². The summed E-state index contributed by atoms with van der Waals surface area (Å²) in [6.45, 7) is 7.32. The molecule has 0 saturated carbocycles. The lowest BCUT2D eigenvalue weighted by molar-refractivity contribution is -0.336. The third kappa shape index (κ3) is 9.56. The highest BCUT2D eigenvalue weighted by molar-refractivity contribution is 5.81. The van der Waals surface area contributed by atoms with Crippen LogP contribution in [-0.4, -0.2) is 122 Å². The fourth-order valence-corrected chi connectivity index (χ4v) is 5.12. The third-order valence-electron chi connectivity index (χ3n) is 6.78. The SMILES string of the molecule is CC(=O)N[C@H]1[C@@H](OC(C)=O)O[C@H](COC(C)=O)[C@@H](O[C@@H]2O[C@H](COC(C)=O)[C@@H](OC(C)=O)[C@@H]3O[C@H](C)C(=O)N[C@@H]23)[C@@H]1OC(C)=O. The van der Waals surface area contributed by atoms with Crippen LogP contribution in [0.2, 0.25) is 0 Å². The molecule has 0 radical (unpaired) electrons. The van der Waals surface area contributed by atoms with Gasteiger partial charge in [0.15, 0.2) is 18.5 Å². The van der Waals surface area contributed by atoms with Crippen molar-refractivity contribution in [3.63, 3.8) is 0 Å². The molecule has 0 bridgehead atoms. The number of esters is 5. The molecule has 0 aromatic carbocycles. The van der Waals surface area contributed by atoms with Crippen LogP contribution >= 0.6 is 0 Å². The topological polar surface area (TPSA) is 227 Å². The van der Waals surface area contributed by atoms with Crippen LogP contribution in [0.15, 0.2) is 0 Å². The maximum absolute atomic E-state index is 12.7. The van der Waals surface area contributed by atoms with Crippen molar-refractivity contribution in [1.29, 1.82) is 0 Å².